The number of hydrogen-bond acceptors (Lipinski definition) is 3. The van der Waals surface area contributed by atoms with Crippen molar-refractivity contribution >= 4 is 5.97 Å². The first-order valence-electron chi connectivity index (χ1n) is 7.75. The van der Waals surface area contributed by atoms with Crippen LogP contribution in [0.3, 0.4) is 0 Å². The second-order valence-corrected chi connectivity index (χ2v) is 6.97. The normalized spacial score (nSPS) is 22.7. The fraction of sp³-hybridized carbons (Fsp3) is 0.611. The Morgan fingerprint density at radius 1 is 1.05 bits per heavy atom. The van der Waals surface area contributed by atoms with E-state index in [0.717, 1.165) is 37.4 Å². The summed E-state index contributed by atoms with van der Waals surface area (Å²) in [5.41, 5.74) is 0.944. The SMILES string of the molecule is COc1ccc(C(=O)OC2CCC(C(C)(C)C)CC2)cc1. The van der Waals surface area contributed by atoms with Crippen LogP contribution in [0.2, 0.25) is 0 Å². The highest BCUT2D eigenvalue weighted by molar-refractivity contribution is 5.89. The summed E-state index contributed by atoms with van der Waals surface area (Å²) in [6.07, 6.45) is 4.31. The number of benzene rings is 1. The number of carbonyl (C=O) groups excluding carboxylic acids is 1. The van der Waals surface area contributed by atoms with E-state index in [0.29, 0.717) is 11.0 Å². The van der Waals surface area contributed by atoms with Crippen LogP contribution >= 0.6 is 0 Å². The van der Waals surface area contributed by atoms with Gasteiger partial charge in [-0.1, -0.05) is 20.8 Å². The van der Waals surface area contributed by atoms with Gasteiger partial charge in [0.25, 0.3) is 0 Å². The largest absolute Gasteiger partial charge is 0.497 e. The molecule has 0 heterocycles. The lowest BCUT2D eigenvalue weighted by molar-refractivity contribution is 0.00929. The fourth-order valence-electron chi connectivity index (χ4n) is 2.99. The van der Waals surface area contributed by atoms with Gasteiger partial charge < -0.3 is 9.47 Å². The Morgan fingerprint density at radius 3 is 2.10 bits per heavy atom. The zero-order chi connectivity index (χ0) is 15.5. The van der Waals surface area contributed by atoms with Crippen molar-refractivity contribution < 1.29 is 14.3 Å². The van der Waals surface area contributed by atoms with E-state index in [1.165, 1.54) is 0 Å². The van der Waals surface area contributed by atoms with Crippen molar-refractivity contribution in [3.8, 4) is 5.75 Å². The molecule has 0 unspecified atom stereocenters. The van der Waals surface area contributed by atoms with Gasteiger partial charge in [-0.15, -0.1) is 0 Å². The average molecular weight is 290 g/mol. The molecular formula is C18H26O3. The summed E-state index contributed by atoms with van der Waals surface area (Å²) in [5, 5.41) is 0. The number of carbonyl (C=O) groups is 1. The highest BCUT2D eigenvalue weighted by Crippen LogP contribution is 2.38. The fourth-order valence-corrected chi connectivity index (χ4v) is 2.99. The summed E-state index contributed by atoms with van der Waals surface area (Å²) >= 11 is 0. The van der Waals surface area contributed by atoms with Gasteiger partial charge in [-0.25, -0.2) is 4.79 Å². The standard InChI is InChI=1S/C18H26O3/c1-18(2,3)14-7-11-16(12-8-14)21-17(19)13-5-9-15(20-4)10-6-13/h5-6,9-10,14,16H,7-8,11-12H2,1-4H3. The highest BCUT2D eigenvalue weighted by Gasteiger charge is 2.31. The Kier molecular flexibility index (Phi) is 4.92. The first kappa shape index (κ1) is 15.9. The molecule has 0 radical (unpaired) electrons. The van der Waals surface area contributed by atoms with E-state index in [2.05, 4.69) is 20.8 Å². The van der Waals surface area contributed by atoms with Crippen LogP contribution in [0, 0.1) is 11.3 Å². The summed E-state index contributed by atoms with van der Waals surface area (Å²) in [7, 11) is 1.61. The highest BCUT2D eigenvalue weighted by atomic mass is 16.5. The minimum Gasteiger partial charge on any atom is -0.497 e. The Bertz CT molecular complexity index is 462. The van der Waals surface area contributed by atoms with E-state index in [1.807, 2.05) is 0 Å². The summed E-state index contributed by atoms with van der Waals surface area (Å²) in [6.45, 7) is 6.88. The van der Waals surface area contributed by atoms with Gasteiger partial charge in [-0.3, -0.25) is 0 Å². The molecule has 1 saturated carbocycles. The molecule has 3 nitrogen and oxygen atoms in total. The molecule has 0 atom stereocenters. The topological polar surface area (TPSA) is 35.5 Å². The molecule has 0 aromatic heterocycles. The van der Waals surface area contributed by atoms with E-state index >= 15 is 0 Å². The summed E-state index contributed by atoms with van der Waals surface area (Å²) in [5.74, 6) is 1.25. The Morgan fingerprint density at radius 2 is 1.62 bits per heavy atom. The van der Waals surface area contributed by atoms with Gasteiger partial charge in [0.05, 0.1) is 12.7 Å². The van der Waals surface area contributed by atoms with Crippen molar-refractivity contribution in [1.29, 1.82) is 0 Å². The Hall–Kier alpha value is -1.51. The van der Waals surface area contributed by atoms with Crippen molar-refractivity contribution in [3.05, 3.63) is 29.8 Å². The first-order chi connectivity index (χ1) is 9.90. The van der Waals surface area contributed by atoms with Crippen molar-refractivity contribution in [2.75, 3.05) is 7.11 Å². The Labute approximate surface area is 127 Å². The minimum atomic E-state index is -0.225. The van der Waals surface area contributed by atoms with Gasteiger partial charge in [0.2, 0.25) is 0 Å². The van der Waals surface area contributed by atoms with Gasteiger partial charge in [0.15, 0.2) is 0 Å². The van der Waals surface area contributed by atoms with Crippen LogP contribution in [0.5, 0.6) is 5.75 Å². The molecule has 0 N–H and O–H groups in total. The predicted octanol–water partition coefficient (Wildman–Crippen LogP) is 4.46. The smallest absolute Gasteiger partial charge is 0.338 e. The molecule has 3 heteroatoms. The van der Waals surface area contributed by atoms with Crippen LogP contribution in [0.15, 0.2) is 24.3 Å². The molecule has 0 aliphatic heterocycles. The van der Waals surface area contributed by atoms with E-state index in [9.17, 15) is 4.79 Å². The zero-order valence-electron chi connectivity index (χ0n) is 13.5. The molecule has 116 valence electrons. The molecule has 1 aromatic rings. The van der Waals surface area contributed by atoms with Crippen LogP contribution in [0.1, 0.15) is 56.8 Å². The van der Waals surface area contributed by atoms with Crippen molar-refractivity contribution in [2.24, 2.45) is 11.3 Å². The molecular weight excluding hydrogens is 264 g/mol. The maximum atomic E-state index is 12.1. The van der Waals surface area contributed by atoms with Gasteiger partial charge >= 0.3 is 5.97 Å². The molecule has 0 saturated heterocycles. The summed E-state index contributed by atoms with van der Waals surface area (Å²) < 4.78 is 10.7. The third-order valence-electron chi connectivity index (χ3n) is 4.50. The van der Waals surface area contributed by atoms with Crippen LogP contribution in [-0.4, -0.2) is 19.2 Å². The van der Waals surface area contributed by atoms with Crippen LogP contribution in [-0.2, 0) is 4.74 Å². The number of esters is 1. The van der Waals surface area contributed by atoms with Crippen molar-refractivity contribution in [2.45, 2.75) is 52.6 Å². The monoisotopic (exact) mass is 290 g/mol. The molecule has 2 rings (SSSR count). The van der Waals surface area contributed by atoms with E-state index < -0.39 is 0 Å². The number of hydrogen-bond donors (Lipinski definition) is 0. The van der Waals surface area contributed by atoms with Gasteiger partial charge in [0, 0.05) is 0 Å². The summed E-state index contributed by atoms with van der Waals surface area (Å²) in [4.78, 5) is 12.1. The molecule has 1 aliphatic carbocycles. The minimum absolute atomic E-state index is 0.0678. The van der Waals surface area contributed by atoms with Crippen LogP contribution in [0.25, 0.3) is 0 Å². The van der Waals surface area contributed by atoms with Crippen molar-refractivity contribution in [3.63, 3.8) is 0 Å². The maximum Gasteiger partial charge on any atom is 0.338 e. The van der Waals surface area contributed by atoms with E-state index in [4.69, 9.17) is 9.47 Å². The number of rotatable bonds is 3. The third-order valence-corrected chi connectivity index (χ3v) is 4.50. The van der Waals surface area contributed by atoms with Gasteiger partial charge in [-0.05, 0) is 61.3 Å². The number of methoxy groups -OCH3 is 1. The molecule has 0 spiro atoms. The molecule has 1 fully saturated rings. The maximum absolute atomic E-state index is 12.1. The first-order valence-corrected chi connectivity index (χ1v) is 7.75. The second-order valence-electron chi connectivity index (χ2n) is 6.97. The van der Waals surface area contributed by atoms with Crippen LogP contribution in [0.4, 0.5) is 0 Å². The zero-order valence-corrected chi connectivity index (χ0v) is 13.5. The molecule has 1 aliphatic rings. The lowest BCUT2D eigenvalue weighted by Crippen LogP contribution is -2.30. The van der Waals surface area contributed by atoms with Crippen molar-refractivity contribution in [1.82, 2.24) is 0 Å². The van der Waals surface area contributed by atoms with Crippen LogP contribution < -0.4 is 4.74 Å². The lowest BCUT2D eigenvalue weighted by Gasteiger charge is -2.36. The molecule has 0 bridgehead atoms. The molecule has 1 aromatic carbocycles. The molecule has 0 amide bonds. The predicted molar refractivity (Wildman–Crippen MR) is 83.6 cm³/mol. The van der Waals surface area contributed by atoms with Gasteiger partial charge in [-0.2, -0.15) is 0 Å². The third kappa shape index (κ3) is 4.23. The van der Waals surface area contributed by atoms with Gasteiger partial charge in [0.1, 0.15) is 11.9 Å². The lowest BCUT2D eigenvalue weighted by atomic mass is 9.72. The average Bonchev–Trinajstić information content (AvgIpc) is 2.47. The second kappa shape index (κ2) is 6.50. The Balaban J connectivity index is 1.86. The van der Waals surface area contributed by atoms with E-state index in [1.54, 1.807) is 31.4 Å². The quantitative estimate of drug-likeness (QED) is 0.771. The molecule has 21 heavy (non-hydrogen) atoms. The summed E-state index contributed by atoms with van der Waals surface area (Å²) in [6, 6.07) is 7.07. The van der Waals surface area contributed by atoms with E-state index in [-0.39, 0.29) is 12.1 Å². The number of ether oxygens (including phenoxy) is 2.